The van der Waals surface area contributed by atoms with Crippen LogP contribution in [0.3, 0.4) is 0 Å². The molecular weight excluding hydrogens is 470 g/mol. The average molecular weight is 491 g/mol. The quantitative estimate of drug-likeness (QED) is 0.326. The summed E-state index contributed by atoms with van der Waals surface area (Å²) >= 11 is 1.63. The summed E-state index contributed by atoms with van der Waals surface area (Å²) in [4.78, 5) is 20.1. The van der Waals surface area contributed by atoms with Gasteiger partial charge in [-0.2, -0.15) is 4.98 Å². The minimum Gasteiger partial charge on any atom is -0.334 e. The highest BCUT2D eigenvalue weighted by Crippen LogP contribution is 2.39. The zero-order valence-corrected chi connectivity index (χ0v) is 19.6. The van der Waals surface area contributed by atoms with Gasteiger partial charge in [-0.3, -0.25) is 4.90 Å². The molecule has 1 aromatic heterocycles. The number of nitrogens with zero attached hydrogens (tertiary/aromatic N) is 3. The van der Waals surface area contributed by atoms with Crippen LogP contribution in [0.4, 0.5) is 19.3 Å². The second-order valence-corrected chi connectivity index (χ2v) is 8.79. The molecule has 1 atom stereocenters. The van der Waals surface area contributed by atoms with E-state index >= 15 is 0 Å². The zero-order chi connectivity index (χ0) is 24.5. The molecular formula is C26H20F2N4O2S. The van der Waals surface area contributed by atoms with Gasteiger partial charge >= 0.3 is 6.03 Å². The molecule has 0 saturated heterocycles. The molecule has 0 spiro atoms. The van der Waals surface area contributed by atoms with Crippen LogP contribution in [0.15, 0.2) is 87.9 Å². The third kappa shape index (κ3) is 4.42. The molecule has 3 aromatic carbocycles. The summed E-state index contributed by atoms with van der Waals surface area (Å²) < 4.78 is 33.6. The lowest BCUT2D eigenvalue weighted by Crippen LogP contribution is -2.46. The smallest absolute Gasteiger partial charge is 0.327 e. The number of urea groups is 1. The number of anilines is 1. The van der Waals surface area contributed by atoms with E-state index in [2.05, 4.69) is 15.5 Å². The van der Waals surface area contributed by atoms with Crippen molar-refractivity contribution in [1.29, 1.82) is 0 Å². The number of halogens is 2. The number of hydrogen-bond donors (Lipinski definition) is 1. The summed E-state index contributed by atoms with van der Waals surface area (Å²) in [6.45, 7) is 1.68. The molecule has 0 radical (unpaired) electrons. The second-order valence-electron chi connectivity index (χ2n) is 7.91. The lowest BCUT2D eigenvalue weighted by Gasteiger charge is -2.35. The Morgan fingerprint density at radius 2 is 1.69 bits per heavy atom. The SMILES string of the molecule is CSc1ccc(-c2noc(C3=C(C)N(c4cc(F)cc(F)c4)C(=O)NC3c3ccccc3)n2)cc1. The summed E-state index contributed by atoms with van der Waals surface area (Å²) in [6.07, 6.45) is 1.99. The first-order valence-corrected chi connectivity index (χ1v) is 12.0. The van der Waals surface area contributed by atoms with Crippen LogP contribution in [-0.2, 0) is 0 Å². The van der Waals surface area contributed by atoms with E-state index in [1.807, 2.05) is 60.9 Å². The van der Waals surface area contributed by atoms with Gasteiger partial charge in [-0.25, -0.2) is 13.6 Å². The molecule has 1 N–H and O–H groups in total. The Kier molecular flexibility index (Phi) is 6.08. The van der Waals surface area contributed by atoms with Crippen LogP contribution >= 0.6 is 11.8 Å². The summed E-state index contributed by atoms with van der Waals surface area (Å²) in [6, 6.07) is 18.9. The van der Waals surface area contributed by atoms with Gasteiger partial charge in [0.25, 0.3) is 5.89 Å². The Morgan fingerprint density at radius 1 is 1.00 bits per heavy atom. The fourth-order valence-electron chi connectivity index (χ4n) is 4.09. The first-order chi connectivity index (χ1) is 16.9. The minimum atomic E-state index is -0.791. The number of benzene rings is 3. The molecule has 4 aromatic rings. The topological polar surface area (TPSA) is 71.3 Å². The van der Waals surface area contributed by atoms with Crippen molar-refractivity contribution in [2.24, 2.45) is 0 Å². The van der Waals surface area contributed by atoms with E-state index in [4.69, 9.17) is 4.52 Å². The van der Waals surface area contributed by atoms with Crippen molar-refractivity contribution in [3.05, 3.63) is 102 Å². The zero-order valence-electron chi connectivity index (χ0n) is 18.8. The molecule has 35 heavy (non-hydrogen) atoms. The molecule has 1 aliphatic rings. The lowest BCUT2D eigenvalue weighted by molar-refractivity contribution is 0.244. The summed E-state index contributed by atoms with van der Waals surface area (Å²) in [5.41, 5.74) is 2.56. The number of carbonyl (C=O) groups excluding carboxylic acids is 1. The van der Waals surface area contributed by atoms with Crippen molar-refractivity contribution in [2.45, 2.75) is 17.9 Å². The third-order valence-corrected chi connectivity index (χ3v) is 6.47. The Hall–Kier alpha value is -3.98. The van der Waals surface area contributed by atoms with Crippen molar-refractivity contribution >= 4 is 29.1 Å². The molecule has 6 nitrogen and oxygen atoms in total. The number of rotatable bonds is 5. The summed E-state index contributed by atoms with van der Waals surface area (Å²) in [7, 11) is 0. The van der Waals surface area contributed by atoms with E-state index in [0.717, 1.165) is 34.2 Å². The fourth-order valence-corrected chi connectivity index (χ4v) is 4.49. The first-order valence-electron chi connectivity index (χ1n) is 10.8. The Morgan fingerprint density at radius 3 is 2.34 bits per heavy atom. The Balaban J connectivity index is 1.64. The van der Waals surface area contributed by atoms with E-state index in [9.17, 15) is 13.6 Å². The molecule has 9 heteroatoms. The normalized spacial score (nSPS) is 15.9. The van der Waals surface area contributed by atoms with E-state index in [0.29, 0.717) is 17.1 Å². The number of nitrogens with one attached hydrogen (secondary N) is 1. The van der Waals surface area contributed by atoms with Crippen molar-refractivity contribution < 1.29 is 18.1 Å². The number of hydrogen-bond acceptors (Lipinski definition) is 5. The van der Waals surface area contributed by atoms with Gasteiger partial charge in [-0.05, 0) is 55.1 Å². The maximum atomic E-state index is 14.0. The van der Waals surface area contributed by atoms with Crippen LogP contribution < -0.4 is 10.2 Å². The average Bonchev–Trinajstić information content (AvgIpc) is 3.33. The highest BCUT2D eigenvalue weighted by Gasteiger charge is 2.36. The molecule has 0 saturated carbocycles. The maximum absolute atomic E-state index is 14.0. The van der Waals surface area contributed by atoms with Crippen LogP contribution in [0, 0.1) is 11.6 Å². The van der Waals surface area contributed by atoms with Gasteiger partial charge in [0.2, 0.25) is 5.82 Å². The van der Waals surface area contributed by atoms with Crippen LogP contribution in [0.2, 0.25) is 0 Å². The minimum absolute atomic E-state index is 0.0499. The van der Waals surface area contributed by atoms with Crippen molar-refractivity contribution in [1.82, 2.24) is 15.5 Å². The fraction of sp³-hybridized carbons (Fsp3) is 0.115. The maximum Gasteiger partial charge on any atom is 0.327 e. The van der Waals surface area contributed by atoms with Crippen molar-refractivity contribution in [3.63, 3.8) is 0 Å². The first kappa shape index (κ1) is 22.8. The predicted molar refractivity (Wildman–Crippen MR) is 131 cm³/mol. The Bertz CT molecular complexity index is 1400. The van der Waals surface area contributed by atoms with Crippen LogP contribution in [0.5, 0.6) is 0 Å². The van der Waals surface area contributed by atoms with Gasteiger partial charge in [-0.15, -0.1) is 11.8 Å². The van der Waals surface area contributed by atoms with Gasteiger partial charge < -0.3 is 9.84 Å². The summed E-state index contributed by atoms with van der Waals surface area (Å²) in [5, 5.41) is 7.06. The van der Waals surface area contributed by atoms with Gasteiger partial charge in [0, 0.05) is 22.2 Å². The van der Waals surface area contributed by atoms with E-state index in [1.165, 1.54) is 4.90 Å². The molecule has 0 fully saturated rings. The number of carbonyl (C=O) groups is 1. The lowest BCUT2D eigenvalue weighted by atomic mass is 9.94. The molecule has 176 valence electrons. The molecule has 5 rings (SSSR count). The number of thioether (sulfide) groups is 1. The number of amides is 2. The van der Waals surface area contributed by atoms with Crippen LogP contribution in [0.1, 0.15) is 24.4 Å². The standard InChI is InChI=1S/C26H20F2N4O2S/c1-15-22(25-30-24(31-34-25)17-8-10-21(35-2)11-9-17)23(16-6-4-3-5-7-16)29-26(33)32(15)20-13-18(27)12-19(28)14-20/h3-14,23H,1-2H3,(H,29,33). The third-order valence-electron chi connectivity index (χ3n) is 5.73. The second kappa shape index (κ2) is 9.34. The van der Waals surface area contributed by atoms with Crippen molar-refractivity contribution in [2.75, 3.05) is 11.2 Å². The van der Waals surface area contributed by atoms with Crippen LogP contribution in [0.25, 0.3) is 17.0 Å². The molecule has 1 unspecified atom stereocenters. The predicted octanol–water partition coefficient (Wildman–Crippen LogP) is 6.44. The molecule has 2 amide bonds. The molecule has 2 heterocycles. The van der Waals surface area contributed by atoms with Gasteiger partial charge in [-0.1, -0.05) is 35.5 Å². The van der Waals surface area contributed by atoms with Gasteiger partial charge in [0.05, 0.1) is 17.3 Å². The number of allylic oxidation sites excluding steroid dienone is 1. The monoisotopic (exact) mass is 490 g/mol. The van der Waals surface area contributed by atoms with E-state index in [1.54, 1.807) is 18.7 Å². The van der Waals surface area contributed by atoms with Gasteiger partial charge in [0.1, 0.15) is 11.6 Å². The molecule has 0 aliphatic carbocycles. The van der Waals surface area contributed by atoms with Gasteiger partial charge in [0.15, 0.2) is 0 Å². The van der Waals surface area contributed by atoms with Crippen molar-refractivity contribution in [3.8, 4) is 11.4 Å². The van der Waals surface area contributed by atoms with E-state index < -0.39 is 23.7 Å². The number of aromatic nitrogens is 2. The largest absolute Gasteiger partial charge is 0.334 e. The van der Waals surface area contributed by atoms with E-state index in [-0.39, 0.29) is 11.6 Å². The summed E-state index contributed by atoms with van der Waals surface area (Å²) in [5.74, 6) is -0.996. The Labute approximate surface area is 204 Å². The molecule has 1 aliphatic heterocycles. The van der Waals surface area contributed by atoms with Crippen LogP contribution in [-0.4, -0.2) is 22.4 Å². The highest BCUT2D eigenvalue weighted by molar-refractivity contribution is 7.98. The molecule has 0 bridgehead atoms. The highest BCUT2D eigenvalue weighted by atomic mass is 32.2.